The molecule has 284 valence electrons. The molecule has 2 aliphatic rings. The molecule has 1 heterocycles. The lowest BCUT2D eigenvalue weighted by Crippen LogP contribution is -2.26. The first kappa shape index (κ1) is 34.4. The molecular formula is C59H37NS. The van der Waals surface area contributed by atoms with Gasteiger partial charge in [0.25, 0.3) is 0 Å². The van der Waals surface area contributed by atoms with Crippen molar-refractivity contribution < 1.29 is 0 Å². The summed E-state index contributed by atoms with van der Waals surface area (Å²) in [5.74, 6) is 0. The van der Waals surface area contributed by atoms with Crippen LogP contribution in [0.3, 0.4) is 0 Å². The van der Waals surface area contributed by atoms with Gasteiger partial charge in [0.05, 0.1) is 11.1 Å². The Morgan fingerprint density at radius 1 is 0.328 bits per heavy atom. The quantitative estimate of drug-likeness (QED) is 0.168. The monoisotopic (exact) mass is 791 g/mol. The van der Waals surface area contributed by atoms with E-state index in [9.17, 15) is 0 Å². The molecule has 0 saturated carbocycles. The molecule has 0 unspecified atom stereocenters. The van der Waals surface area contributed by atoms with Gasteiger partial charge in [-0.2, -0.15) is 0 Å². The van der Waals surface area contributed by atoms with Crippen LogP contribution in [0.1, 0.15) is 22.3 Å². The Labute approximate surface area is 359 Å². The van der Waals surface area contributed by atoms with Crippen molar-refractivity contribution in [2.45, 2.75) is 5.41 Å². The van der Waals surface area contributed by atoms with Crippen LogP contribution in [0.25, 0.3) is 75.5 Å². The van der Waals surface area contributed by atoms with Crippen LogP contribution in [0.4, 0.5) is 17.1 Å². The SMILES string of the molecule is c1ccc(-c2ccc(N(c3ccc4c(c3)C3(c5ccccc5-c5ccccc53)c3ccccc3-4)c3ccccc3-c3cccc4ccc5sc6ccccc6c5c34)cc2)cc1. The second-order valence-corrected chi connectivity index (χ2v) is 17.4. The van der Waals surface area contributed by atoms with Gasteiger partial charge in [-0.05, 0) is 114 Å². The number of para-hydroxylation sites is 1. The second-order valence-electron chi connectivity index (χ2n) is 16.3. The van der Waals surface area contributed by atoms with Crippen molar-refractivity contribution in [3.8, 4) is 44.5 Å². The van der Waals surface area contributed by atoms with E-state index in [0.717, 1.165) is 17.1 Å². The third-order valence-corrected chi connectivity index (χ3v) is 14.4. The molecule has 1 nitrogen and oxygen atoms in total. The van der Waals surface area contributed by atoms with Gasteiger partial charge >= 0.3 is 0 Å². The third kappa shape index (κ3) is 4.88. The highest BCUT2D eigenvalue weighted by molar-refractivity contribution is 7.26. The van der Waals surface area contributed by atoms with Crippen LogP contribution in [0.15, 0.2) is 224 Å². The first-order valence-corrected chi connectivity index (χ1v) is 21.9. The van der Waals surface area contributed by atoms with Crippen molar-refractivity contribution in [2.75, 3.05) is 4.90 Å². The first-order valence-electron chi connectivity index (χ1n) is 21.1. The summed E-state index contributed by atoms with van der Waals surface area (Å²) >= 11 is 1.88. The molecule has 0 atom stereocenters. The number of anilines is 3. The number of hydrogen-bond acceptors (Lipinski definition) is 2. The van der Waals surface area contributed by atoms with Crippen molar-refractivity contribution in [3.63, 3.8) is 0 Å². The van der Waals surface area contributed by atoms with E-state index in [2.05, 4.69) is 229 Å². The molecule has 1 spiro atoms. The molecule has 0 amide bonds. The highest BCUT2D eigenvalue weighted by atomic mass is 32.1. The second kappa shape index (κ2) is 13.2. The molecule has 0 fully saturated rings. The molecule has 0 saturated heterocycles. The Morgan fingerprint density at radius 3 is 1.61 bits per heavy atom. The lowest BCUT2D eigenvalue weighted by molar-refractivity contribution is 0.793. The predicted molar refractivity (Wildman–Crippen MR) is 259 cm³/mol. The van der Waals surface area contributed by atoms with Crippen LogP contribution in [0.2, 0.25) is 0 Å². The smallest absolute Gasteiger partial charge is 0.0726 e. The number of benzene rings is 10. The van der Waals surface area contributed by atoms with Gasteiger partial charge < -0.3 is 4.90 Å². The van der Waals surface area contributed by atoms with E-state index in [-0.39, 0.29) is 0 Å². The summed E-state index contributed by atoms with van der Waals surface area (Å²) in [5.41, 5.74) is 18.3. The van der Waals surface area contributed by atoms with Gasteiger partial charge in [-0.15, -0.1) is 11.3 Å². The van der Waals surface area contributed by atoms with Gasteiger partial charge in [0.2, 0.25) is 0 Å². The lowest BCUT2D eigenvalue weighted by atomic mass is 9.70. The minimum atomic E-state index is -0.446. The number of hydrogen-bond donors (Lipinski definition) is 0. The van der Waals surface area contributed by atoms with Gasteiger partial charge in [0, 0.05) is 37.1 Å². The fraction of sp³-hybridized carbons (Fsp3) is 0.0169. The normalized spacial score (nSPS) is 13.0. The van der Waals surface area contributed by atoms with Gasteiger partial charge in [-0.1, -0.05) is 182 Å². The standard InChI is InChI=1S/C59H37NS/c1-2-15-38(16-3-1)39-29-32-41(33-30-39)60(54-27-12-7-21-47(54)48-23-14-17-40-31-36-56-58(57(40)48)49-22-8-13-28-55(49)61-56)42-34-35-46-45-20-6-11-26-52(45)59(53(46)37-42)50-24-9-4-18-43(50)44-19-5-10-25-51(44)59/h1-37H. The molecule has 0 N–H and O–H groups in total. The van der Waals surface area contributed by atoms with Crippen molar-refractivity contribution >= 4 is 59.3 Å². The van der Waals surface area contributed by atoms with Crippen LogP contribution < -0.4 is 4.90 Å². The largest absolute Gasteiger partial charge is 0.310 e. The number of nitrogens with zero attached hydrogens (tertiary/aromatic N) is 1. The fourth-order valence-corrected chi connectivity index (χ4v) is 11.9. The van der Waals surface area contributed by atoms with Crippen molar-refractivity contribution in [1.82, 2.24) is 0 Å². The Kier molecular flexibility index (Phi) is 7.46. The van der Waals surface area contributed by atoms with E-state index in [4.69, 9.17) is 0 Å². The minimum absolute atomic E-state index is 0.446. The predicted octanol–water partition coefficient (Wildman–Crippen LogP) is 16.4. The average Bonchev–Trinajstić information content (AvgIpc) is 3.96. The van der Waals surface area contributed by atoms with E-state index in [1.54, 1.807) is 0 Å². The van der Waals surface area contributed by atoms with E-state index in [1.165, 1.54) is 97.7 Å². The summed E-state index contributed by atoms with van der Waals surface area (Å²) in [6.45, 7) is 0. The Bertz CT molecular complexity index is 3480. The van der Waals surface area contributed by atoms with Crippen LogP contribution in [0, 0.1) is 0 Å². The molecule has 0 bridgehead atoms. The summed E-state index contributed by atoms with van der Waals surface area (Å²) in [5, 5.41) is 5.19. The third-order valence-electron chi connectivity index (χ3n) is 13.3. The van der Waals surface area contributed by atoms with Gasteiger partial charge in [-0.3, -0.25) is 0 Å². The van der Waals surface area contributed by atoms with E-state index >= 15 is 0 Å². The highest BCUT2D eigenvalue weighted by Gasteiger charge is 2.51. The first-order chi connectivity index (χ1) is 30.3. The maximum Gasteiger partial charge on any atom is 0.0726 e. The summed E-state index contributed by atoms with van der Waals surface area (Å²) < 4.78 is 2.63. The molecule has 2 aliphatic carbocycles. The zero-order valence-corrected chi connectivity index (χ0v) is 34.0. The van der Waals surface area contributed by atoms with Crippen LogP contribution in [-0.4, -0.2) is 0 Å². The fourth-order valence-electron chi connectivity index (χ4n) is 10.8. The Morgan fingerprint density at radius 2 is 0.885 bits per heavy atom. The Hall–Kier alpha value is -7.52. The van der Waals surface area contributed by atoms with Crippen molar-refractivity contribution in [2.24, 2.45) is 0 Å². The maximum absolute atomic E-state index is 2.50. The van der Waals surface area contributed by atoms with Crippen LogP contribution in [-0.2, 0) is 5.41 Å². The number of rotatable bonds is 5. The highest BCUT2D eigenvalue weighted by Crippen LogP contribution is 2.63. The topological polar surface area (TPSA) is 3.24 Å². The van der Waals surface area contributed by atoms with Crippen molar-refractivity contribution in [3.05, 3.63) is 247 Å². The summed E-state index contributed by atoms with van der Waals surface area (Å²) in [4.78, 5) is 2.50. The van der Waals surface area contributed by atoms with E-state index in [1.807, 2.05) is 11.3 Å². The molecule has 13 rings (SSSR count). The molecule has 2 heteroatoms. The lowest BCUT2D eigenvalue weighted by Gasteiger charge is -2.33. The molecule has 10 aromatic carbocycles. The summed E-state index contributed by atoms with van der Waals surface area (Å²) in [7, 11) is 0. The van der Waals surface area contributed by atoms with Gasteiger partial charge in [-0.25, -0.2) is 0 Å². The zero-order valence-electron chi connectivity index (χ0n) is 33.2. The van der Waals surface area contributed by atoms with Gasteiger partial charge in [0.15, 0.2) is 0 Å². The van der Waals surface area contributed by atoms with Gasteiger partial charge in [0.1, 0.15) is 0 Å². The van der Waals surface area contributed by atoms with E-state index in [0.29, 0.717) is 0 Å². The molecule has 11 aromatic rings. The summed E-state index contributed by atoms with van der Waals surface area (Å²) in [6, 6.07) is 83.5. The summed E-state index contributed by atoms with van der Waals surface area (Å²) in [6.07, 6.45) is 0. The van der Waals surface area contributed by atoms with E-state index < -0.39 is 5.41 Å². The average molecular weight is 792 g/mol. The van der Waals surface area contributed by atoms with Crippen LogP contribution in [0.5, 0.6) is 0 Å². The molecule has 0 aliphatic heterocycles. The molecule has 0 radical (unpaired) electrons. The molecular weight excluding hydrogens is 755 g/mol. The minimum Gasteiger partial charge on any atom is -0.310 e. The number of fused-ring (bicyclic) bond motifs is 15. The van der Waals surface area contributed by atoms with Crippen LogP contribution >= 0.6 is 11.3 Å². The number of thiophene rings is 1. The molecule has 1 aromatic heterocycles. The van der Waals surface area contributed by atoms with Crippen molar-refractivity contribution in [1.29, 1.82) is 0 Å². The maximum atomic E-state index is 2.50. The molecule has 61 heavy (non-hydrogen) atoms. The zero-order chi connectivity index (χ0) is 40.1. The Balaban J connectivity index is 1.09.